The van der Waals surface area contributed by atoms with Crippen LogP contribution in [0.5, 0.6) is 11.5 Å². The number of hydrogen-bond donors (Lipinski definition) is 1. The van der Waals surface area contributed by atoms with E-state index in [-0.39, 0.29) is 11.3 Å². The molecule has 4 rings (SSSR count). The van der Waals surface area contributed by atoms with Crippen molar-refractivity contribution in [3.05, 3.63) is 82.8 Å². The summed E-state index contributed by atoms with van der Waals surface area (Å²) in [7, 11) is 0. The van der Waals surface area contributed by atoms with Crippen molar-refractivity contribution in [2.75, 3.05) is 18.1 Å². The van der Waals surface area contributed by atoms with Gasteiger partial charge in [0.05, 0.1) is 24.4 Å². The van der Waals surface area contributed by atoms with Crippen LogP contribution in [0.3, 0.4) is 0 Å². The normalized spacial score (nSPS) is 17.3. The van der Waals surface area contributed by atoms with Gasteiger partial charge in [0.25, 0.3) is 11.7 Å². The van der Waals surface area contributed by atoms with Crippen molar-refractivity contribution < 1.29 is 28.6 Å². The third-order valence-electron chi connectivity index (χ3n) is 5.61. The summed E-state index contributed by atoms with van der Waals surface area (Å²) >= 11 is 0. The van der Waals surface area contributed by atoms with Gasteiger partial charge in [-0.15, -0.1) is 0 Å². The largest absolute Gasteiger partial charge is 0.507 e. The standard InChI is InChI=1S/C27H27NO6/c1-5-32-19-12-13-20(22(15-19)33-6-2)25(29)23-24(21-14-9-17(4)34-21)28(27(31)26(23)30)18-10-7-16(3)8-11-18/h7-15,24,29H,5-6H2,1-4H3/b25-23-. The second-order valence-electron chi connectivity index (χ2n) is 7.98. The Morgan fingerprint density at radius 2 is 1.68 bits per heavy atom. The minimum Gasteiger partial charge on any atom is -0.507 e. The van der Waals surface area contributed by atoms with Gasteiger partial charge in [0.2, 0.25) is 0 Å². The Hall–Kier alpha value is -4.00. The van der Waals surface area contributed by atoms with Crippen LogP contribution in [0.15, 0.2) is 64.6 Å². The summed E-state index contributed by atoms with van der Waals surface area (Å²) in [4.78, 5) is 27.9. The van der Waals surface area contributed by atoms with Crippen molar-refractivity contribution in [1.29, 1.82) is 0 Å². The third-order valence-corrected chi connectivity index (χ3v) is 5.61. The molecule has 1 unspecified atom stereocenters. The molecule has 0 radical (unpaired) electrons. The molecule has 1 aliphatic heterocycles. The smallest absolute Gasteiger partial charge is 0.300 e. The second kappa shape index (κ2) is 9.47. The Morgan fingerprint density at radius 1 is 0.971 bits per heavy atom. The van der Waals surface area contributed by atoms with E-state index in [0.717, 1.165) is 5.56 Å². The molecule has 1 amide bonds. The molecule has 7 heteroatoms. The number of nitrogens with zero attached hydrogens (tertiary/aromatic N) is 1. The van der Waals surface area contributed by atoms with Crippen LogP contribution in [0.2, 0.25) is 0 Å². The molecule has 1 fully saturated rings. The first-order valence-electron chi connectivity index (χ1n) is 11.2. The molecule has 1 saturated heterocycles. The highest BCUT2D eigenvalue weighted by Crippen LogP contribution is 2.44. The van der Waals surface area contributed by atoms with Crippen LogP contribution in [-0.4, -0.2) is 30.0 Å². The Kier molecular flexibility index (Phi) is 6.45. The van der Waals surface area contributed by atoms with E-state index < -0.39 is 17.7 Å². The number of aliphatic hydroxyl groups excluding tert-OH is 1. The van der Waals surface area contributed by atoms with E-state index in [0.29, 0.717) is 47.5 Å². The Balaban J connectivity index is 1.92. The number of aryl methyl sites for hydroxylation is 2. The average Bonchev–Trinajstić information content (AvgIpc) is 3.35. The lowest BCUT2D eigenvalue weighted by molar-refractivity contribution is -0.132. The highest BCUT2D eigenvalue weighted by molar-refractivity contribution is 6.51. The van der Waals surface area contributed by atoms with Crippen LogP contribution in [0.1, 0.15) is 42.5 Å². The number of carbonyl (C=O) groups is 2. The van der Waals surface area contributed by atoms with Crippen LogP contribution in [0, 0.1) is 13.8 Å². The summed E-state index contributed by atoms with van der Waals surface area (Å²) in [6.45, 7) is 8.21. The fourth-order valence-corrected chi connectivity index (χ4v) is 4.05. The number of amides is 1. The number of ether oxygens (including phenoxy) is 2. The van der Waals surface area contributed by atoms with Crippen molar-refractivity contribution in [1.82, 2.24) is 0 Å². The second-order valence-corrected chi connectivity index (χ2v) is 7.98. The maximum absolute atomic E-state index is 13.3. The molecule has 1 aromatic heterocycles. The summed E-state index contributed by atoms with van der Waals surface area (Å²) in [6.07, 6.45) is 0. The molecule has 0 saturated carbocycles. The molecule has 0 bridgehead atoms. The summed E-state index contributed by atoms with van der Waals surface area (Å²) in [5.41, 5.74) is 1.77. The third kappa shape index (κ3) is 4.17. The molecule has 1 N–H and O–H groups in total. The number of benzene rings is 2. The first-order chi connectivity index (χ1) is 16.3. The van der Waals surface area contributed by atoms with Gasteiger partial charge in [-0.05, 0) is 64.1 Å². The Morgan fingerprint density at radius 3 is 2.29 bits per heavy atom. The lowest BCUT2D eigenvalue weighted by Crippen LogP contribution is -2.29. The van der Waals surface area contributed by atoms with E-state index in [4.69, 9.17) is 13.9 Å². The van der Waals surface area contributed by atoms with E-state index in [2.05, 4.69) is 0 Å². The van der Waals surface area contributed by atoms with E-state index in [1.54, 1.807) is 49.4 Å². The zero-order chi connectivity index (χ0) is 24.4. The summed E-state index contributed by atoms with van der Waals surface area (Å²) < 4.78 is 17.1. The number of Topliss-reactive ketones (excluding diaryl/α,β-unsaturated/α-hetero) is 1. The summed E-state index contributed by atoms with van der Waals surface area (Å²) in [5, 5.41) is 11.4. The van der Waals surface area contributed by atoms with Crippen LogP contribution in [-0.2, 0) is 9.59 Å². The maximum atomic E-state index is 13.3. The first kappa shape index (κ1) is 23.2. The van der Waals surface area contributed by atoms with Gasteiger partial charge in [-0.1, -0.05) is 17.7 Å². The van der Waals surface area contributed by atoms with Crippen molar-refractivity contribution in [2.24, 2.45) is 0 Å². The van der Waals surface area contributed by atoms with Gasteiger partial charge in [-0.25, -0.2) is 0 Å². The number of furan rings is 1. The quantitative estimate of drug-likeness (QED) is 0.291. The fourth-order valence-electron chi connectivity index (χ4n) is 4.05. The monoisotopic (exact) mass is 461 g/mol. The lowest BCUT2D eigenvalue weighted by atomic mass is 9.98. The average molecular weight is 462 g/mol. The fraction of sp³-hybridized carbons (Fsp3) is 0.259. The van der Waals surface area contributed by atoms with Crippen LogP contribution in [0.25, 0.3) is 5.76 Å². The number of aliphatic hydroxyl groups is 1. The molecule has 0 aliphatic carbocycles. The van der Waals surface area contributed by atoms with Crippen LogP contribution in [0.4, 0.5) is 5.69 Å². The Labute approximate surface area is 198 Å². The van der Waals surface area contributed by atoms with Crippen molar-refractivity contribution in [2.45, 2.75) is 33.7 Å². The lowest BCUT2D eigenvalue weighted by Gasteiger charge is -2.23. The molecular weight excluding hydrogens is 434 g/mol. The number of ketones is 1. The zero-order valence-corrected chi connectivity index (χ0v) is 19.6. The molecule has 2 heterocycles. The van der Waals surface area contributed by atoms with Gasteiger partial charge in [0.15, 0.2) is 0 Å². The highest BCUT2D eigenvalue weighted by Gasteiger charge is 2.48. The maximum Gasteiger partial charge on any atom is 0.300 e. The molecule has 1 atom stereocenters. The summed E-state index contributed by atoms with van der Waals surface area (Å²) in [5.74, 6) is 0.0475. The molecule has 0 spiro atoms. The van der Waals surface area contributed by atoms with Gasteiger partial charge >= 0.3 is 0 Å². The SMILES string of the molecule is CCOc1ccc(/C(O)=C2/C(=O)C(=O)N(c3ccc(C)cc3)C2c2ccc(C)o2)c(OCC)c1. The molecular formula is C27H27NO6. The van der Waals surface area contributed by atoms with Gasteiger partial charge in [-0.3, -0.25) is 14.5 Å². The minimum atomic E-state index is -0.933. The number of rotatable bonds is 7. The predicted molar refractivity (Wildman–Crippen MR) is 128 cm³/mol. The van der Waals surface area contributed by atoms with Gasteiger partial charge in [0.1, 0.15) is 34.8 Å². The van der Waals surface area contributed by atoms with Crippen molar-refractivity contribution >= 4 is 23.1 Å². The molecule has 1 aliphatic rings. The number of anilines is 1. The first-order valence-corrected chi connectivity index (χ1v) is 11.2. The van der Waals surface area contributed by atoms with Crippen molar-refractivity contribution in [3.63, 3.8) is 0 Å². The van der Waals surface area contributed by atoms with E-state index in [1.807, 2.05) is 32.9 Å². The van der Waals surface area contributed by atoms with Crippen molar-refractivity contribution in [3.8, 4) is 11.5 Å². The molecule has 7 nitrogen and oxygen atoms in total. The van der Waals surface area contributed by atoms with Gasteiger partial charge < -0.3 is 19.0 Å². The Bertz CT molecular complexity index is 1250. The minimum absolute atomic E-state index is 0.0648. The predicted octanol–water partition coefficient (Wildman–Crippen LogP) is 5.32. The summed E-state index contributed by atoms with van der Waals surface area (Å²) in [6, 6.07) is 14.8. The van der Waals surface area contributed by atoms with E-state index in [1.165, 1.54) is 4.90 Å². The topological polar surface area (TPSA) is 89.2 Å². The van der Waals surface area contributed by atoms with Gasteiger partial charge in [-0.2, -0.15) is 0 Å². The number of carbonyl (C=O) groups excluding carboxylic acids is 2. The van der Waals surface area contributed by atoms with Crippen LogP contribution < -0.4 is 14.4 Å². The number of hydrogen-bond acceptors (Lipinski definition) is 6. The van der Waals surface area contributed by atoms with Crippen LogP contribution >= 0.6 is 0 Å². The molecule has 3 aromatic rings. The van der Waals surface area contributed by atoms with Gasteiger partial charge in [0, 0.05) is 11.8 Å². The highest BCUT2D eigenvalue weighted by atomic mass is 16.5. The zero-order valence-electron chi connectivity index (χ0n) is 19.6. The molecule has 176 valence electrons. The molecule has 2 aromatic carbocycles. The molecule has 34 heavy (non-hydrogen) atoms. The van der Waals surface area contributed by atoms with E-state index in [9.17, 15) is 14.7 Å². The van der Waals surface area contributed by atoms with E-state index >= 15 is 0 Å².